The fourth-order valence-electron chi connectivity index (χ4n) is 5.26. The number of aromatic nitrogens is 1. The molecule has 7 heteroatoms. The van der Waals surface area contributed by atoms with E-state index in [1.165, 1.54) is 0 Å². The first-order chi connectivity index (χ1) is 15.3. The number of para-hydroxylation sites is 2. The van der Waals surface area contributed by atoms with E-state index in [9.17, 15) is 14.7 Å². The minimum atomic E-state index is -1.11. The molecule has 2 aromatic carbocycles. The number of fused-ring (bicyclic) bond motifs is 9. The quantitative estimate of drug-likeness (QED) is 0.569. The van der Waals surface area contributed by atoms with Crippen LogP contribution in [0.3, 0.4) is 0 Å². The molecule has 3 aromatic rings. The minimum Gasteiger partial charge on any atom is -0.443 e. The van der Waals surface area contributed by atoms with Crippen molar-refractivity contribution in [1.82, 2.24) is 9.88 Å². The van der Waals surface area contributed by atoms with E-state index in [0.29, 0.717) is 28.8 Å². The molecule has 2 unspecified atom stereocenters. The van der Waals surface area contributed by atoms with Crippen molar-refractivity contribution in [2.24, 2.45) is 0 Å². The molecule has 1 amide bonds. The number of benzene rings is 2. The fraction of sp³-hybridized carbons (Fsp3) is 0.280. The van der Waals surface area contributed by atoms with Crippen molar-refractivity contribution in [3.8, 4) is 0 Å². The Labute approximate surface area is 184 Å². The molecule has 0 saturated heterocycles. The summed E-state index contributed by atoms with van der Waals surface area (Å²) in [6.07, 6.45) is -0.934. The molecule has 0 bridgehead atoms. The van der Waals surface area contributed by atoms with E-state index in [1.807, 2.05) is 74.2 Å². The number of carbonyl (C=O) groups excluding carboxylic acids is 2. The fourth-order valence-corrected chi connectivity index (χ4v) is 5.26. The van der Waals surface area contributed by atoms with Gasteiger partial charge in [0.05, 0.1) is 28.5 Å². The van der Waals surface area contributed by atoms with Crippen LogP contribution in [0.1, 0.15) is 43.6 Å². The van der Waals surface area contributed by atoms with Gasteiger partial charge >= 0.3 is 6.09 Å². The highest BCUT2D eigenvalue weighted by atomic mass is 16.6. The van der Waals surface area contributed by atoms with Gasteiger partial charge in [-0.05, 0) is 38.5 Å². The van der Waals surface area contributed by atoms with Gasteiger partial charge in [0.1, 0.15) is 5.60 Å². The third-order valence-corrected chi connectivity index (χ3v) is 6.30. The second kappa shape index (κ2) is 6.23. The Kier molecular flexibility index (Phi) is 3.73. The van der Waals surface area contributed by atoms with Gasteiger partial charge in [-0.1, -0.05) is 36.4 Å². The maximum Gasteiger partial charge on any atom is 0.419 e. The van der Waals surface area contributed by atoms with Gasteiger partial charge in [0, 0.05) is 23.1 Å². The molecule has 6 rings (SSSR count). The predicted octanol–water partition coefficient (Wildman–Crippen LogP) is 3.70. The summed E-state index contributed by atoms with van der Waals surface area (Å²) in [6, 6.07) is 15.2. The molecule has 32 heavy (non-hydrogen) atoms. The van der Waals surface area contributed by atoms with Crippen molar-refractivity contribution in [2.75, 3.05) is 4.90 Å². The van der Waals surface area contributed by atoms with Crippen LogP contribution in [0.4, 0.5) is 10.5 Å². The van der Waals surface area contributed by atoms with E-state index in [2.05, 4.69) is 5.32 Å². The third kappa shape index (κ3) is 2.45. The van der Waals surface area contributed by atoms with Gasteiger partial charge in [-0.25, -0.2) is 9.36 Å². The van der Waals surface area contributed by atoms with Crippen molar-refractivity contribution in [2.45, 2.75) is 45.1 Å². The summed E-state index contributed by atoms with van der Waals surface area (Å²) in [7, 11) is 0. The number of nitrogens with zero attached hydrogens (tertiary/aromatic N) is 2. The van der Waals surface area contributed by atoms with Gasteiger partial charge in [-0.2, -0.15) is 0 Å². The van der Waals surface area contributed by atoms with E-state index < -0.39 is 17.9 Å². The lowest BCUT2D eigenvalue weighted by Gasteiger charge is -2.35. The molecule has 3 aliphatic heterocycles. The third-order valence-electron chi connectivity index (χ3n) is 6.30. The molecular formula is C25H23N3O4. The second-order valence-corrected chi connectivity index (χ2v) is 9.45. The summed E-state index contributed by atoms with van der Waals surface area (Å²) in [4.78, 5) is 28.5. The summed E-state index contributed by atoms with van der Waals surface area (Å²) in [6.45, 7) is 5.51. The minimum absolute atomic E-state index is 0.247. The van der Waals surface area contributed by atoms with Crippen molar-refractivity contribution in [3.05, 3.63) is 71.0 Å². The summed E-state index contributed by atoms with van der Waals surface area (Å²) in [5.41, 5.74) is 4.43. The maximum absolute atomic E-state index is 13.5. The predicted molar refractivity (Wildman–Crippen MR) is 120 cm³/mol. The summed E-state index contributed by atoms with van der Waals surface area (Å²) in [5.74, 6) is -0.344. The molecule has 0 radical (unpaired) electrons. The Morgan fingerprint density at radius 1 is 1.12 bits per heavy atom. The Balaban J connectivity index is 1.70. The van der Waals surface area contributed by atoms with Crippen LogP contribution < -0.4 is 10.2 Å². The first-order valence-electron chi connectivity index (χ1n) is 10.7. The van der Waals surface area contributed by atoms with E-state index in [1.54, 1.807) is 4.57 Å². The second-order valence-electron chi connectivity index (χ2n) is 9.45. The Bertz CT molecular complexity index is 1360. The number of rotatable bonds is 0. The first kappa shape index (κ1) is 19.1. The topological polar surface area (TPSA) is 83.8 Å². The van der Waals surface area contributed by atoms with Crippen LogP contribution in [0.5, 0.6) is 0 Å². The van der Waals surface area contributed by atoms with Gasteiger partial charge in [0.2, 0.25) is 0 Å². The van der Waals surface area contributed by atoms with Crippen molar-refractivity contribution < 1.29 is 19.4 Å². The van der Waals surface area contributed by atoms with E-state index in [4.69, 9.17) is 4.74 Å². The lowest BCUT2D eigenvalue weighted by molar-refractivity contribution is -0.116. The highest BCUT2D eigenvalue weighted by Crippen LogP contribution is 2.53. The molecule has 2 atom stereocenters. The van der Waals surface area contributed by atoms with Gasteiger partial charge in [-0.15, -0.1) is 0 Å². The zero-order valence-corrected chi connectivity index (χ0v) is 18.0. The molecule has 1 aromatic heterocycles. The standard InChI is InChI=1S/C25H23N3O4/c1-25(2,3)32-24(31)28-16-11-7-5-9-14(16)18-19-21(23(30)26-22(19)29)27-15-10-6-4-8-13(15)12-17(27)20(18)28/h4-11,17,23,30H,12H2,1-3H3,(H,26,29). The van der Waals surface area contributed by atoms with Crippen LogP contribution in [-0.4, -0.2) is 33.5 Å². The number of aliphatic hydroxyl groups is 1. The van der Waals surface area contributed by atoms with Crippen LogP contribution in [0.2, 0.25) is 0 Å². The molecule has 0 saturated carbocycles. The van der Waals surface area contributed by atoms with E-state index >= 15 is 0 Å². The molecule has 7 nitrogen and oxygen atoms in total. The summed E-state index contributed by atoms with van der Waals surface area (Å²) in [5, 5.41) is 14.3. The van der Waals surface area contributed by atoms with Crippen LogP contribution in [0.15, 0.2) is 54.2 Å². The number of aliphatic hydroxyl groups excluding tert-OH is 1. The average Bonchev–Trinajstić information content (AvgIpc) is 3.36. The molecular weight excluding hydrogens is 406 g/mol. The van der Waals surface area contributed by atoms with Gasteiger partial charge in [0.15, 0.2) is 6.23 Å². The van der Waals surface area contributed by atoms with Crippen molar-refractivity contribution in [1.29, 1.82) is 0 Å². The molecule has 0 spiro atoms. The molecule has 162 valence electrons. The van der Waals surface area contributed by atoms with E-state index in [-0.39, 0.29) is 11.9 Å². The van der Waals surface area contributed by atoms with Gasteiger partial charge < -0.3 is 20.1 Å². The largest absolute Gasteiger partial charge is 0.443 e. The maximum atomic E-state index is 13.5. The Morgan fingerprint density at radius 2 is 1.84 bits per heavy atom. The molecule has 0 fully saturated rings. The van der Waals surface area contributed by atoms with Crippen molar-refractivity contribution in [3.63, 3.8) is 0 Å². The van der Waals surface area contributed by atoms with Gasteiger partial charge in [-0.3, -0.25) is 4.79 Å². The number of amides is 1. The lowest BCUT2D eigenvalue weighted by Crippen LogP contribution is -2.38. The molecule has 2 N–H and O–H groups in total. The number of anilines is 1. The molecule has 4 heterocycles. The smallest absolute Gasteiger partial charge is 0.419 e. The van der Waals surface area contributed by atoms with Crippen LogP contribution in [0.25, 0.3) is 16.5 Å². The van der Waals surface area contributed by atoms with Crippen LogP contribution in [0, 0.1) is 0 Å². The molecule has 3 aliphatic rings. The normalized spacial score (nSPS) is 21.2. The number of hydrogen-bond donors (Lipinski definition) is 2. The van der Waals surface area contributed by atoms with Gasteiger partial charge in [0.25, 0.3) is 5.91 Å². The van der Waals surface area contributed by atoms with E-state index in [0.717, 1.165) is 22.3 Å². The summed E-state index contributed by atoms with van der Waals surface area (Å²) < 4.78 is 7.39. The number of hydrogen-bond acceptors (Lipinski definition) is 5. The van der Waals surface area contributed by atoms with Crippen molar-refractivity contribution >= 4 is 34.2 Å². The number of carbonyl (C=O) groups is 2. The lowest BCUT2D eigenvalue weighted by atomic mass is 9.92. The monoisotopic (exact) mass is 429 g/mol. The molecule has 0 aliphatic carbocycles. The summed E-state index contributed by atoms with van der Waals surface area (Å²) >= 11 is 0. The number of nitrogens with one attached hydrogen (secondary N) is 1. The zero-order chi connectivity index (χ0) is 22.4. The highest BCUT2D eigenvalue weighted by Gasteiger charge is 2.49. The SMILES string of the molecule is CC(C)(C)OC(=O)n1c2c(c3ccccc31)C1=C(C(O)NC1=O)N1c3ccccc3CC21. The Morgan fingerprint density at radius 3 is 2.62 bits per heavy atom. The number of ether oxygens (including phenoxy) is 1. The highest BCUT2D eigenvalue weighted by molar-refractivity contribution is 6.28. The first-order valence-corrected chi connectivity index (χ1v) is 10.7. The Hall–Kier alpha value is -3.58. The van der Waals surface area contributed by atoms with Crippen LogP contribution >= 0.6 is 0 Å². The van der Waals surface area contributed by atoms with Crippen LogP contribution in [-0.2, 0) is 16.0 Å². The zero-order valence-electron chi connectivity index (χ0n) is 18.0. The average molecular weight is 429 g/mol.